The molecule has 0 spiro atoms. The summed E-state index contributed by atoms with van der Waals surface area (Å²) >= 11 is 0. The summed E-state index contributed by atoms with van der Waals surface area (Å²) in [4.78, 5) is 40.0. The van der Waals surface area contributed by atoms with E-state index in [9.17, 15) is 14.4 Å². The molecule has 0 fully saturated rings. The van der Waals surface area contributed by atoms with Crippen LogP contribution in [0.1, 0.15) is 18.4 Å². The van der Waals surface area contributed by atoms with Gasteiger partial charge in [-0.25, -0.2) is 4.79 Å². The minimum Gasteiger partial charge on any atom is -0.497 e. The number of hydrogen-bond acceptors (Lipinski definition) is 6. The van der Waals surface area contributed by atoms with E-state index in [0.717, 1.165) is 15.9 Å². The highest BCUT2D eigenvalue weighted by Gasteiger charge is 2.13. The Morgan fingerprint density at radius 2 is 1.68 bits per heavy atom. The SMILES string of the molecule is COc1ccc(CNC(=O)CCCn2c(=O)[nH]c3cc(OC)c(OC)cc3c2=O)cc1. The molecule has 164 valence electrons. The molecule has 0 radical (unpaired) electrons. The van der Waals surface area contributed by atoms with Crippen LogP contribution < -0.4 is 30.8 Å². The molecule has 3 aromatic rings. The van der Waals surface area contributed by atoms with Crippen molar-refractivity contribution in [3.8, 4) is 17.2 Å². The summed E-state index contributed by atoms with van der Waals surface area (Å²) in [6.45, 7) is 0.509. The van der Waals surface area contributed by atoms with Gasteiger partial charge >= 0.3 is 5.69 Å². The number of nitrogens with zero attached hydrogens (tertiary/aromatic N) is 1. The number of fused-ring (bicyclic) bond motifs is 1. The molecule has 1 aromatic heterocycles. The van der Waals surface area contributed by atoms with Gasteiger partial charge in [-0.1, -0.05) is 12.1 Å². The van der Waals surface area contributed by atoms with Gasteiger partial charge in [-0.15, -0.1) is 0 Å². The molecule has 9 heteroatoms. The second-order valence-corrected chi connectivity index (χ2v) is 6.87. The summed E-state index contributed by atoms with van der Waals surface area (Å²) in [6.07, 6.45) is 0.530. The van der Waals surface area contributed by atoms with Gasteiger partial charge in [-0.05, 0) is 30.2 Å². The zero-order chi connectivity index (χ0) is 22.4. The van der Waals surface area contributed by atoms with E-state index < -0.39 is 11.2 Å². The number of carbonyl (C=O) groups excluding carboxylic acids is 1. The summed E-state index contributed by atoms with van der Waals surface area (Å²) < 4.78 is 16.6. The van der Waals surface area contributed by atoms with Gasteiger partial charge in [0.15, 0.2) is 11.5 Å². The number of H-pyrrole nitrogens is 1. The van der Waals surface area contributed by atoms with Gasteiger partial charge in [-0.3, -0.25) is 14.2 Å². The molecule has 1 amide bonds. The second kappa shape index (κ2) is 9.84. The van der Waals surface area contributed by atoms with E-state index in [4.69, 9.17) is 14.2 Å². The second-order valence-electron chi connectivity index (χ2n) is 6.87. The van der Waals surface area contributed by atoms with Gasteiger partial charge in [0, 0.05) is 25.6 Å². The van der Waals surface area contributed by atoms with Crippen LogP contribution in [0.25, 0.3) is 10.9 Å². The van der Waals surface area contributed by atoms with Crippen LogP contribution in [0.15, 0.2) is 46.0 Å². The predicted octanol–water partition coefficient (Wildman–Crippen LogP) is 1.81. The van der Waals surface area contributed by atoms with Gasteiger partial charge in [0.25, 0.3) is 5.56 Å². The molecular weight excluding hydrogens is 402 g/mol. The summed E-state index contributed by atoms with van der Waals surface area (Å²) in [5.74, 6) is 1.39. The van der Waals surface area contributed by atoms with Gasteiger partial charge in [0.2, 0.25) is 5.91 Å². The highest BCUT2D eigenvalue weighted by molar-refractivity contribution is 5.81. The standard InChI is InChI=1S/C22H25N3O6/c1-29-15-8-6-14(7-9-15)13-23-20(26)5-4-10-25-21(27)16-11-18(30-2)19(31-3)12-17(16)24-22(25)28/h6-9,11-12H,4-5,10,13H2,1-3H3,(H,23,26)(H,24,28). The number of nitrogens with one attached hydrogen (secondary N) is 2. The van der Waals surface area contributed by atoms with Gasteiger partial charge in [-0.2, -0.15) is 0 Å². The molecule has 0 aliphatic heterocycles. The Kier molecular flexibility index (Phi) is 6.96. The Balaban J connectivity index is 1.64. The van der Waals surface area contributed by atoms with Gasteiger partial charge < -0.3 is 24.5 Å². The third-order valence-electron chi connectivity index (χ3n) is 4.92. The summed E-state index contributed by atoms with van der Waals surface area (Å²) in [6, 6.07) is 10.5. The zero-order valence-electron chi connectivity index (χ0n) is 17.7. The van der Waals surface area contributed by atoms with E-state index >= 15 is 0 Å². The largest absolute Gasteiger partial charge is 0.497 e. The Morgan fingerprint density at radius 3 is 2.32 bits per heavy atom. The van der Waals surface area contributed by atoms with E-state index in [1.165, 1.54) is 20.3 Å². The Morgan fingerprint density at radius 1 is 1.00 bits per heavy atom. The van der Waals surface area contributed by atoms with Gasteiger partial charge in [0.05, 0.1) is 32.2 Å². The third kappa shape index (κ3) is 5.06. The fourth-order valence-corrected chi connectivity index (χ4v) is 3.21. The van der Waals surface area contributed by atoms with Crippen LogP contribution in [0.5, 0.6) is 17.2 Å². The molecule has 0 saturated carbocycles. The van der Waals surface area contributed by atoms with Crippen LogP contribution in [0.2, 0.25) is 0 Å². The fourth-order valence-electron chi connectivity index (χ4n) is 3.21. The lowest BCUT2D eigenvalue weighted by Gasteiger charge is -2.11. The molecular formula is C22H25N3O6. The molecule has 0 atom stereocenters. The average molecular weight is 427 g/mol. The molecule has 2 aromatic carbocycles. The van der Waals surface area contributed by atoms with E-state index in [-0.39, 0.29) is 18.9 Å². The molecule has 0 bridgehead atoms. The monoisotopic (exact) mass is 427 g/mol. The minimum absolute atomic E-state index is 0.119. The fraction of sp³-hybridized carbons (Fsp3) is 0.318. The van der Waals surface area contributed by atoms with Crippen molar-refractivity contribution in [3.05, 3.63) is 62.8 Å². The van der Waals surface area contributed by atoms with Crippen molar-refractivity contribution in [1.29, 1.82) is 0 Å². The Hall–Kier alpha value is -3.75. The lowest BCUT2D eigenvalue weighted by atomic mass is 10.2. The first-order chi connectivity index (χ1) is 15.0. The van der Waals surface area contributed by atoms with E-state index in [1.54, 1.807) is 13.2 Å². The number of hydrogen-bond donors (Lipinski definition) is 2. The van der Waals surface area contributed by atoms with Crippen LogP contribution in [0.4, 0.5) is 0 Å². The van der Waals surface area contributed by atoms with Crippen molar-refractivity contribution in [2.45, 2.75) is 25.9 Å². The third-order valence-corrected chi connectivity index (χ3v) is 4.92. The molecule has 0 unspecified atom stereocenters. The number of rotatable bonds is 9. The van der Waals surface area contributed by atoms with E-state index in [2.05, 4.69) is 10.3 Å². The summed E-state index contributed by atoms with van der Waals surface area (Å²) in [5.41, 5.74) is 0.323. The molecule has 1 heterocycles. The minimum atomic E-state index is -0.539. The lowest BCUT2D eigenvalue weighted by Crippen LogP contribution is -2.35. The van der Waals surface area contributed by atoms with Crippen LogP contribution in [0.3, 0.4) is 0 Å². The molecule has 0 aliphatic carbocycles. The highest BCUT2D eigenvalue weighted by atomic mass is 16.5. The van der Waals surface area contributed by atoms with Crippen molar-refractivity contribution >= 4 is 16.8 Å². The molecule has 0 aliphatic rings. The first-order valence-corrected chi connectivity index (χ1v) is 9.75. The number of amides is 1. The van der Waals surface area contributed by atoms with E-state index in [1.807, 2.05) is 24.3 Å². The normalized spacial score (nSPS) is 10.7. The average Bonchev–Trinajstić information content (AvgIpc) is 2.79. The maximum atomic E-state index is 12.8. The number of ether oxygens (including phenoxy) is 3. The maximum Gasteiger partial charge on any atom is 0.328 e. The quantitative estimate of drug-likeness (QED) is 0.539. The smallest absolute Gasteiger partial charge is 0.328 e. The van der Waals surface area contributed by atoms with Crippen molar-refractivity contribution in [2.24, 2.45) is 0 Å². The van der Waals surface area contributed by atoms with Gasteiger partial charge in [0.1, 0.15) is 5.75 Å². The molecule has 2 N–H and O–H groups in total. The van der Waals surface area contributed by atoms with Crippen molar-refractivity contribution in [3.63, 3.8) is 0 Å². The van der Waals surface area contributed by atoms with Crippen LogP contribution >= 0.6 is 0 Å². The number of benzene rings is 2. The number of aromatic amines is 1. The number of carbonyl (C=O) groups is 1. The molecule has 0 saturated heterocycles. The van der Waals surface area contributed by atoms with Crippen molar-refractivity contribution < 1.29 is 19.0 Å². The first-order valence-electron chi connectivity index (χ1n) is 9.75. The predicted molar refractivity (Wildman–Crippen MR) is 116 cm³/mol. The highest BCUT2D eigenvalue weighted by Crippen LogP contribution is 2.29. The summed E-state index contributed by atoms with van der Waals surface area (Å²) in [7, 11) is 4.54. The first kappa shape index (κ1) is 21.9. The number of methoxy groups -OCH3 is 3. The Labute approximate surface area is 178 Å². The zero-order valence-corrected chi connectivity index (χ0v) is 17.7. The van der Waals surface area contributed by atoms with E-state index in [0.29, 0.717) is 35.4 Å². The Bertz CT molecular complexity index is 1180. The maximum absolute atomic E-state index is 12.8. The topological polar surface area (TPSA) is 112 Å². The van der Waals surface area contributed by atoms with Crippen LogP contribution in [-0.4, -0.2) is 36.8 Å². The molecule has 3 rings (SSSR count). The molecule has 9 nitrogen and oxygen atoms in total. The molecule has 31 heavy (non-hydrogen) atoms. The van der Waals surface area contributed by atoms with Crippen molar-refractivity contribution in [1.82, 2.24) is 14.9 Å². The summed E-state index contributed by atoms with van der Waals surface area (Å²) in [5, 5.41) is 3.13. The van der Waals surface area contributed by atoms with Crippen LogP contribution in [0, 0.1) is 0 Å². The lowest BCUT2D eigenvalue weighted by molar-refractivity contribution is -0.121. The number of aromatic nitrogens is 2. The van der Waals surface area contributed by atoms with Crippen molar-refractivity contribution in [2.75, 3.05) is 21.3 Å². The van der Waals surface area contributed by atoms with Crippen LogP contribution in [-0.2, 0) is 17.9 Å².